The van der Waals surface area contributed by atoms with Crippen LogP contribution in [0.1, 0.15) is 52.4 Å². The van der Waals surface area contributed by atoms with Gasteiger partial charge in [-0.1, -0.05) is 13.8 Å². The third-order valence-corrected chi connectivity index (χ3v) is 3.05. The Balaban J connectivity index is 2.57. The number of rotatable bonds is 6. The second-order valence-electron chi connectivity index (χ2n) is 5.45. The van der Waals surface area contributed by atoms with E-state index in [-0.39, 0.29) is 0 Å². The molecule has 0 aliphatic rings. The molecule has 0 amide bonds. The molecule has 0 fully saturated rings. The van der Waals surface area contributed by atoms with Crippen LogP contribution in [0.5, 0.6) is 0 Å². The van der Waals surface area contributed by atoms with Crippen molar-refractivity contribution in [3.63, 3.8) is 0 Å². The number of nitrogens with two attached hydrogens (primary N) is 1. The molecule has 4 nitrogen and oxygen atoms in total. The average molecular weight is 224 g/mol. The SMILES string of the molecule is CC(C)n1cnnc1CCC(C)(C)CCN. The number of aromatic nitrogens is 3. The van der Waals surface area contributed by atoms with Crippen LogP contribution in [0.4, 0.5) is 0 Å². The van der Waals surface area contributed by atoms with Gasteiger partial charge < -0.3 is 10.3 Å². The van der Waals surface area contributed by atoms with Gasteiger partial charge in [0.05, 0.1) is 0 Å². The van der Waals surface area contributed by atoms with Gasteiger partial charge in [-0.25, -0.2) is 0 Å². The molecule has 0 unspecified atom stereocenters. The first-order valence-corrected chi connectivity index (χ1v) is 6.05. The van der Waals surface area contributed by atoms with Crippen molar-refractivity contribution in [3.8, 4) is 0 Å². The van der Waals surface area contributed by atoms with Gasteiger partial charge in [0.2, 0.25) is 0 Å². The standard InChI is InChI=1S/C12H24N4/c1-10(2)16-9-14-15-11(16)5-6-12(3,4)7-8-13/h9-10H,5-8,13H2,1-4H3. The van der Waals surface area contributed by atoms with Crippen LogP contribution in [0, 0.1) is 5.41 Å². The van der Waals surface area contributed by atoms with E-state index in [0.29, 0.717) is 11.5 Å². The van der Waals surface area contributed by atoms with E-state index in [9.17, 15) is 0 Å². The molecule has 0 aliphatic heterocycles. The maximum Gasteiger partial charge on any atom is 0.133 e. The molecule has 92 valence electrons. The monoisotopic (exact) mass is 224 g/mol. The Labute approximate surface area is 98.2 Å². The number of nitrogens with zero attached hydrogens (tertiary/aromatic N) is 3. The molecule has 0 saturated heterocycles. The highest BCUT2D eigenvalue weighted by Gasteiger charge is 2.18. The minimum atomic E-state index is 0.294. The van der Waals surface area contributed by atoms with Crippen LogP contribution in [0.25, 0.3) is 0 Å². The summed E-state index contributed by atoms with van der Waals surface area (Å²) in [7, 11) is 0. The predicted octanol–water partition coefficient (Wildman–Crippen LogP) is 2.17. The van der Waals surface area contributed by atoms with Gasteiger partial charge in [-0.05, 0) is 38.6 Å². The Morgan fingerprint density at radius 3 is 2.62 bits per heavy atom. The summed E-state index contributed by atoms with van der Waals surface area (Å²) in [5, 5.41) is 8.16. The maximum atomic E-state index is 5.61. The van der Waals surface area contributed by atoms with E-state index in [1.54, 1.807) is 0 Å². The molecule has 4 heteroatoms. The molecule has 0 bridgehead atoms. The highest BCUT2D eigenvalue weighted by Crippen LogP contribution is 2.26. The number of aryl methyl sites for hydroxylation is 1. The van der Waals surface area contributed by atoms with Gasteiger partial charge in [-0.15, -0.1) is 10.2 Å². The van der Waals surface area contributed by atoms with Gasteiger partial charge in [0.25, 0.3) is 0 Å². The number of hydrogen-bond donors (Lipinski definition) is 1. The molecule has 2 N–H and O–H groups in total. The molecule has 16 heavy (non-hydrogen) atoms. The summed E-state index contributed by atoms with van der Waals surface area (Å²) in [4.78, 5) is 0. The van der Waals surface area contributed by atoms with E-state index in [2.05, 4.69) is 42.5 Å². The summed E-state index contributed by atoms with van der Waals surface area (Å²) in [6, 6.07) is 0.433. The Morgan fingerprint density at radius 2 is 2.06 bits per heavy atom. The summed E-state index contributed by atoms with van der Waals surface area (Å²) < 4.78 is 2.14. The van der Waals surface area contributed by atoms with E-state index in [0.717, 1.165) is 31.6 Å². The van der Waals surface area contributed by atoms with Crippen LogP contribution in [-0.4, -0.2) is 21.3 Å². The largest absolute Gasteiger partial charge is 0.330 e. The van der Waals surface area contributed by atoms with Gasteiger partial charge in [0.15, 0.2) is 0 Å². The van der Waals surface area contributed by atoms with Gasteiger partial charge >= 0.3 is 0 Å². The summed E-state index contributed by atoms with van der Waals surface area (Å²) in [6.07, 6.45) is 4.96. The molecule has 1 heterocycles. The van der Waals surface area contributed by atoms with Crippen molar-refractivity contribution in [3.05, 3.63) is 12.2 Å². The van der Waals surface area contributed by atoms with Gasteiger partial charge in [0.1, 0.15) is 12.2 Å². The van der Waals surface area contributed by atoms with E-state index in [4.69, 9.17) is 5.73 Å². The summed E-state index contributed by atoms with van der Waals surface area (Å²) in [5.74, 6) is 1.08. The van der Waals surface area contributed by atoms with Crippen molar-refractivity contribution < 1.29 is 0 Å². The van der Waals surface area contributed by atoms with E-state index in [1.165, 1.54) is 0 Å². The fraction of sp³-hybridized carbons (Fsp3) is 0.833. The smallest absolute Gasteiger partial charge is 0.133 e. The Hall–Kier alpha value is -0.900. The first-order chi connectivity index (χ1) is 7.46. The fourth-order valence-electron chi connectivity index (χ4n) is 1.84. The molecule has 0 spiro atoms. The van der Waals surface area contributed by atoms with Crippen LogP contribution in [-0.2, 0) is 6.42 Å². The highest BCUT2D eigenvalue weighted by atomic mass is 15.3. The number of hydrogen-bond acceptors (Lipinski definition) is 3. The topological polar surface area (TPSA) is 56.7 Å². The van der Waals surface area contributed by atoms with Crippen molar-refractivity contribution in [2.75, 3.05) is 6.54 Å². The van der Waals surface area contributed by atoms with Crippen molar-refractivity contribution in [1.29, 1.82) is 0 Å². The molecule has 1 aromatic heterocycles. The van der Waals surface area contributed by atoms with Crippen LogP contribution < -0.4 is 5.73 Å². The van der Waals surface area contributed by atoms with Gasteiger partial charge in [-0.3, -0.25) is 0 Å². The van der Waals surface area contributed by atoms with Crippen LogP contribution >= 0.6 is 0 Å². The molecule has 0 aliphatic carbocycles. The molecule has 1 rings (SSSR count). The molecule has 1 aromatic rings. The quantitative estimate of drug-likeness (QED) is 0.805. The van der Waals surface area contributed by atoms with Gasteiger partial charge in [0, 0.05) is 12.5 Å². The van der Waals surface area contributed by atoms with Crippen LogP contribution in [0.15, 0.2) is 6.33 Å². The molecule has 0 atom stereocenters. The second kappa shape index (κ2) is 5.43. The van der Waals surface area contributed by atoms with Crippen molar-refractivity contribution in [2.45, 2.75) is 53.0 Å². The van der Waals surface area contributed by atoms with Crippen LogP contribution in [0.3, 0.4) is 0 Å². The fourth-order valence-corrected chi connectivity index (χ4v) is 1.84. The van der Waals surface area contributed by atoms with Crippen molar-refractivity contribution in [1.82, 2.24) is 14.8 Å². The third-order valence-electron chi connectivity index (χ3n) is 3.05. The predicted molar refractivity (Wildman–Crippen MR) is 66.2 cm³/mol. The lowest BCUT2D eigenvalue weighted by Gasteiger charge is -2.23. The lowest BCUT2D eigenvalue weighted by atomic mass is 9.84. The van der Waals surface area contributed by atoms with Crippen molar-refractivity contribution in [2.24, 2.45) is 11.1 Å². The van der Waals surface area contributed by atoms with E-state index in [1.807, 2.05) is 6.33 Å². The van der Waals surface area contributed by atoms with Crippen LogP contribution in [0.2, 0.25) is 0 Å². The zero-order valence-corrected chi connectivity index (χ0v) is 10.9. The average Bonchev–Trinajstić information content (AvgIpc) is 2.62. The molecular formula is C12H24N4. The summed E-state index contributed by atoms with van der Waals surface area (Å²) in [6.45, 7) is 9.57. The minimum absolute atomic E-state index is 0.294. The Kier molecular flexibility index (Phi) is 4.47. The minimum Gasteiger partial charge on any atom is -0.330 e. The summed E-state index contributed by atoms with van der Waals surface area (Å²) >= 11 is 0. The zero-order chi connectivity index (χ0) is 12.2. The second-order valence-corrected chi connectivity index (χ2v) is 5.45. The maximum absolute atomic E-state index is 5.61. The van der Waals surface area contributed by atoms with Gasteiger partial charge in [-0.2, -0.15) is 0 Å². The molecule has 0 saturated carbocycles. The first kappa shape index (κ1) is 13.2. The normalized spacial score (nSPS) is 12.4. The Morgan fingerprint density at radius 1 is 1.38 bits per heavy atom. The first-order valence-electron chi connectivity index (χ1n) is 6.05. The van der Waals surface area contributed by atoms with Crippen molar-refractivity contribution >= 4 is 0 Å². The molecule has 0 aromatic carbocycles. The highest BCUT2D eigenvalue weighted by molar-refractivity contribution is 4.89. The molecule has 0 radical (unpaired) electrons. The third kappa shape index (κ3) is 3.59. The summed E-state index contributed by atoms with van der Waals surface area (Å²) in [5.41, 5.74) is 5.90. The van der Waals surface area contributed by atoms with E-state index >= 15 is 0 Å². The molecular weight excluding hydrogens is 200 g/mol. The van der Waals surface area contributed by atoms with E-state index < -0.39 is 0 Å². The Bertz CT molecular complexity index is 315. The lowest BCUT2D eigenvalue weighted by molar-refractivity contribution is 0.308. The zero-order valence-electron chi connectivity index (χ0n) is 10.9. The lowest BCUT2D eigenvalue weighted by Crippen LogP contribution is -2.19.